The van der Waals surface area contributed by atoms with Crippen LogP contribution in [0.1, 0.15) is 42.6 Å². The van der Waals surface area contributed by atoms with Gasteiger partial charge < -0.3 is 20.7 Å². The van der Waals surface area contributed by atoms with Crippen LogP contribution in [0, 0.1) is 0 Å². The van der Waals surface area contributed by atoms with Crippen molar-refractivity contribution in [2.45, 2.75) is 38.1 Å². The SMILES string of the molecule is COc1ccc(Nc2cc(NC3CCCCC3)nn3c(C(=O)Nc4ccncc4)cnc23)nc1. The van der Waals surface area contributed by atoms with Crippen LogP contribution in [0.3, 0.4) is 0 Å². The van der Waals surface area contributed by atoms with Crippen molar-refractivity contribution < 1.29 is 9.53 Å². The lowest BCUT2D eigenvalue weighted by molar-refractivity contribution is 0.102. The molecule has 3 N–H and O–H groups in total. The fourth-order valence-electron chi connectivity index (χ4n) is 4.09. The number of imidazole rings is 1. The zero-order chi connectivity index (χ0) is 23.3. The smallest absolute Gasteiger partial charge is 0.276 e. The van der Waals surface area contributed by atoms with E-state index in [2.05, 4.69) is 30.9 Å². The molecule has 1 aliphatic carbocycles. The first kappa shape index (κ1) is 21.6. The Morgan fingerprint density at radius 3 is 2.59 bits per heavy atom. The molecule has 174 valence electrons. The largest absolute Gasteiger partial charge is 0.495 e. The van der Waals surface area contributed by atoms with E-state index in [0.29, 0.717) is 46.1 Å². The van der Waals surface area contributed by atoms with E-state index >= 15 is 0 Å². The Labute approximate surface area is 196 Å². The highest BCUT2D eigenvalue weighted by Crippen LogP contribution is 2.27. The van der Waals surface area contributed by atoms with Crippen LogP contribution in [-0.2, 0) is 0 Å². The van der Waals surface area contributed by atoms with Crippen LogP contribution < -0.4 is 20.7 Å². The van der Waals surface area contributed by atoms with Gasteiger partial charge in [-0.1, -0.05) is 19.3 Å². The molecule has 0 unspecified atom stereocenters. The van der Waals surface area contributed by atoms with Gasteiger partial charge in [-0.2, -0.15) is 0 Å². The molecule has 0 spiro atoms. The Hall–Kier alpha value is -4.21. The van der Waals surface area contributed by atoms with E-state index in [1.807, 2.05) is 18.2 Å². The molecule has 1 amide bonds. The minimum absolute atomic E-state index is 0.311. The molecule has 10 nitrogen and oxygen atoms in total. The minimum Gasteiger partial charge on any atom is -0.495 e. The first-order chi connectivity index (χ1) is 16.7. The molecule has 0 saturated heterocycles. The number of ether oxygens (including phenoxy) is 1. The van der Waals surface area contributed by atoms with Crippen molar-refractivity contribution in [1.82, 2.24) is 24.6 Å². The van der Waals surface area contributed by atoms with Crippen LogP contribution in [0.25, 0.3) is 5.65 Å². The highest BCUT2D eigenvalue weighted by atomic mass is 16.5. The molecule has 5 rings (SSSR count). The molecule has 0 bridgehead atoms. The first-order valence-electron chi connectivity index (χ1n) is 11.3. The van der Waals surface area contributed by atoms with Gasteiger partial charge in [0.1, 0.15) is 17.4 Å². The van der Waals surface area contributed by atoms with Gasteiger partial charge in [-0.25, -0.2) is 14.5 Å². The van der Waals surface area contributed by atoms with Crippen molar-refractivity contribution in [3.05, 3.63) is 60.8 Å². The number of rotatable bonds is 7. The summed E-state index contributed by atoms with van der Waals surface area (Å²) in [4.78, 5) is 25.9. The molecule has 10 heteroatoms. The summed E-state index contributed by atoms with van der Waals surface area (Å²) >= 11 is 0. The molecule has 1 fully saturated rings. The number of amides is 1. The Kier molecular flexibility index (Phi) is 6.19. The predicted molar refractivity (Wildman–Crippen MR) is 130 cm³/mol. The molecular formula is C24H26N8O2. The summed E-state index contributed by atoms with van der Waals surface area (Å²) in [5.41, 5.74) is 2.18. The summed E-state index contributed by atoms with van der Waals surface area (Å²) in [5, 5.41) is 14.4. The Bertz CT molecular complexity index is 1270. The fraction of sp³-hybridized carbons (Fsp3) is 0.292. The number of hydrogen-bond donors (Lipinski definition) is 3. The molecule has 0 atom stereocenters. The molecule has 4 aromatic heterocycles. The molecule has 4 heterocycles. The maximum Gasteiger partial charge on any atom is 0.276 e. The Morgan fingerprint density at radius 2 is 1.85 bits per heavy atom. The number of methoxy groups -OCH3 is 1. The van der Waals surface area contributed by atoms with E-state index < -0.39 is 0 Å². The van der Waals surface area contributed by atoms with Crippen molar-refractivity contribution in [2.75, 3.05) is 23.1 Å². The molecule has 0 aromatic carbocycles. The number of aromatic nitrogens is 5. The van der Waals surface area contributed by atoms with Crippen molar-refractivity contribution >= 4 is 34.6 Å². The zero-order valence-corrected chi connectivity index (χ0v) is 18.9. The number of nitrogens with one attached hydrogen (secondary N) is 3. The summed E-state index contributed by atoms with van der Waals surface area (Å²) in [6.07, 6.45) is 12.3. The lowest BCUT2D eigenvalue weighted by Gasteiger charge is -2.23. The molecule has 1 saturated carbocycles. The number of carbonyl (C=O) groups excluding carboxylic acids is 1. The quantitative estimate of drug-likeness (QED) is 0.376. The van der Waals surface area contributed by atoms with Crippen molar-refractivity contribution in [1.29, 1.82) is 0 Å². The maximum absolute atomic E-state index is 13.0. The summed E-state index contributed by atoms with van der Waals surface area (Å²) in [6, 6.07) is 9.37. The number of anilines is 4. The van der Waals surface area contributed by atoms with Crippen LogP contribution in [0.5, 0.6) is 5.75 Å². The van der Waals surface area contributed by atoms with Gasteiger partial charge in [0.05, 0.1) is 25.2 Å². The Balaban J connectivity index is 1.50. The van der Waals surface area contributed by atoms with Gasteiger partial charge in [0, 0.05) is 30.2 Å². The summed E-state index contributed by atoms with van der Waals surface area (Å²) in [5.74, 6) is 1.66. The van der Waals surface area contributed by atoms with E-state index in [1.165, 1.54) is 25.5 Å². The molecule has 1 aliphatic rings. The number of carbonyl (C=O) groups is 1. The van der Waals surface area contributed by atoms with Crippen LogP contribution >= 0.6 is 0 Å². The molecule has 0 radical (unpaired) electrons. The van der Waals surface area contributed by atoms with E-state index in [1.54, 1.807) is 42.3 Å². The number of nitrogens with zero attached hydrogens (tertiary/aromatic N) is 5. The third-order valence-corrected chi connectivity index (χ3v) is 5.83. The maximum atomic E-state index is 13.0. The van der Waals surface area contributed by atoms with Crippen LogP contribution in [0.15, 0.2) is 55.1 Å². The van der Waals surface area contributed by atoms with E-state index in [4.69, 9.17) is 9.84 Å². The van der Waals surface area contributed by atoms with Gasteiger partial charge >= 0.3 is 0 Å². The second-order valence-electron chi connectivity index (χ2n) is 8.20. The molecule has 4 aromatic rings. The normalized spacial score (nSPS) is 14.0. The van der Waals surface area contributed by atoms with Crippen molar-refractivity contribution in [3.63, 3.8) is 0 Å². The summed E-state index contributed by atoms with van der Waals surface area (Å²) in [6.45, 7) is 0. The lowest BCUT2D eigenvalue weighted by Crippen LogP contribution is -2.24. The van der Waals surface area contributed by atoms with Crippen LogP contribution in [-0.4, -0.2) is 43.6 Å². The van der Waals surface area contributed by atoms with Crippen LogP contribution in [0.4, 0.5) is 23.0 Å². The Morgan fingerprint density at radius 1 is 1.03 bits per heavy atom. The summed E-state index contributed by atoms with van der Waals surface area (Å²) < 4.78 is 6.76. The standard InChI is InChI=1S/C24H26N8O2/c1-34-18-7-8-21(26-14-18)30-19-13-22(28-16-5-3-2-4-6-16)31-32-20(15-27-23(19)32)24(33)29-17-9-11-25-12-10-17/h7-16H,2-6H2,1H3,(H,26,30)(H,28,31)(H,25,29,33). The molecular weight excluding hydrogens is 432 g/mol. The van der Waals surface area contributed by atoms with Gasteiger partial charge in [-0.3, -0.25) is 9.78 Å². The average Bonchev–Trinajstić information content (AvgIpc) is 3.30. The first-order valence-corrected chi connectivity index (χ1v) is 11.3. The number of pyridine rings is 2. The lowest BCUT2D eigenvalue weighted by atomic mass is 9.95. The van der Waals surface area contributed by atoms with Gasteiger partial charge in [-0.05, 0) is 37.1 Å². The zero-order valence-electron chi connectivity index (χ0n) is 18.9. The minimum atomic E-state index is -0.311. The topological polar surface area (TPSA) is 118 Å². The number of fused-ring (bicyclic) bond motifs is 1. The fourth-order valence-corrected chi connectivity index (χ4v) is 4.09. The van der Waals surface area contributed by atoms with Crippen molar-refractivity contribution in [3.8, 4) is 5.75 Å². The second-order valence-corrected chi connectivity index (χ2v) is 8.20. The molecule has 34 heavy (non-hydrogen) atoms. The van der Waals surface area contributed by atoms with E-state index in [0.717, 1.165) is 12.8 Å². The third-order valence-electron chi connectivity index (χ3n) is 5.83. The predicted octanol–water partition coefficient (Wildman–Crippen LogP) is 4.27. The van der Waals surface area contributed by atoms with Gasteiger partial charge in [0.2, 0.25) is 0 Å². The van der Waals surface area contributed by atoms with Gasteiger partial charge in [-0.15, -0.1) is 5.10 Å². The second kappa shape index (κ2) is 9.74. The highest BCUT2D eigenvalue weighted by molar-refractivity contribution is 6.03. The summed E-state index contributed by atoms with van der Waals surface area (Å²) in [7, 11) is 1.60. The average molecular weight is 459 g/mol. The monoisotopic (exact) mass is 458 g/mol. The van der Waals surface area contributed by atoms with Crippen molar-refractivity contribution in [2.24, 2.45) is 0 Å². The van der Waals surface area contributed by atoms with E-state index in [-0.39, 0.29) is 5.91 Å². The number of hydrogen-bond acceptors (Lipinski definition) is 8. The van der Waals surface area contributed by atoms with Gasteiger partial charge in [0.15, 0.2) is 11.3 Å². The van der Waals surface area contributed by atoms with Crippen LogP contribution in [0.2, 0.25) is 0 Å². The third kappa shape index (κ3) is 4.75. The van der Waals surface area contributed by atoms with E-state index in [9.17, 15) is 4.79 Å². The highest BCUT2D eigenvalue weighted by Gasteiger charge is 2.20. The molecule has 0 aliphatic heterocycles. The van der Waals surface area contributed by atoms with Gasteiger partial charge in [0.25, 0.3) is 5.91 Å².